The van der Waals surface area contributed by atoms with Gasteiger partial charge >= 0.3 is 0 Å². The first-order valence-corrected chi connectivity index (χ1v) is 11.1. The van der Waals surface area contributed by atoms with Crippen molar-refractivity contribution in [2.45, 2.75) is 27.3 Å². The van der Waals surface area contributed by atoms with Crippen LogP contribution < -0.4 is 5.32 Å². The van der Waals surface area contributed by atoms with Crippen molar-refractivity contribution in [2.24, 2.45) is 24.3 Å². The number of benzene rings is 1. The molecule has 2 aliphatic heterocycles. The van der Waals surface area contributed by atoms with Crippen molar-refractivity contribution < 1.29 is 9.59 Å². The highest BCUT2D eigenvalue weighted by Crippen LogP contribution is 2.45. The minimum atomic E-state index is -0.179. The molecule has 0 radical (unpaired) electrons. The van der Waals surface area contributed by atoms with Crippen molar-refractivity contribution in [3.8, 4) is 0 Å². The topological polar surface area (TPSA) is 70.5 Å². The van der Waals surface area contributed by atoms with Crippen LogP contribution in [0.1, 0.15) is 35.5 Å². The predicted molar refractivity (Wildman–Crippen MR) is 119 cm³/mol. The minimum Gasteiger partial charge on any atom is -0.356 e. The number of hydrogen-bond donors (Lipinski definition) is 1. The molecule has 166 valence electrons. The lowest BCUT2D eigenvalue weighted by atomic mass is 9.71. The van der Waals surface area contributed by atoms with Crippen molar-refractivity contribution in [1.29, 1.82) is 0 Å². The highest BCUT2D eigenvalue weighted by atomic mass is 16.2. The van der Waals surface area contributed by atoms with Crippen molar-refractivity contribution in [3.63, 3.8) is 0 Å². The third-order valence-corrected chi connectivity index (χ3v) is 6.51. The number of aromatic nitrogens is 2. The lowest BCUT2D eigenvalue weighted by Crippen LogP contribution is -2.64. The molecule has 1 aromatic carbocycles. The molecule has 3 heterocycles. The van der Waals surface area contributed by atoms with Gasteiger partial charge < -0.3 is 10.2 Å². The fraction of sp³-hybridized carbons (Fsp3) is 0.542. The summed E-state index contributed by atoms with van der Waals surface area (Å²) in [5.74, 6) is 0.441. The maximum absolute atomic E-state index is 13.1. The third kappa shape index (κ3) is 4.37. The van der Waals surface area contributed by atoms with E-state index in [9.17, 15) is 9.59 Å². The summed E-state index contributed by atoms with van der Waals surface area (Å²) in [4.78, 5) is 30.4. The van der Waals surface area contributed by atoms with Crippen LogP contribution in [0.25, 0.3) is 0 Å². The van der Waals surface area contributed by atoms with Gasteiger partial charge in [-0.25, -0.2) is 0 Å². The molecule has 2 aliphatic rings. The summed E-state index contributed by atoms with van der Waals surface area (Å²) in [5, 5.41) is 7.44. The van der Waals surface area contributed by atoms with Gasteiger partial charge in [0.25, 0.3) is 5.91 Å². The largest absolute Gasteiger partial charge is 0.356 e. The number of amides is 2. The molecule has 31 heavy (non-hydrogen) atoms. The molecule has 2 saturated heterocycles. The average Bonchev–Trinajstić information content (AvgIpc) is 3.25. The minimum absolute atomic E-state index is 0.0130. The monoisotopic (exact) mass is 423 g/mol. The van der Waals surface area contributed by atoms with Gasteiger partial charge in [-0.1, -0.05) is 44.2 Å². The lowest BCUT2D eigenvalue weighted by Gasteiger charge is -2.50. The van der Waals surface area contributed by atoms with Gasteiger partial charge in [0.15, 0.2) is 0 Å². The Morgan fingerprint density at radius 2 is 1.90 bits per heavy atom. The lowest BCUT2D eigenvalue weighted by molar-refractivity contribution is -0.131. The van der Waals surface area contributed by atoms with E-state index in [1.165, 1.54) is 5.56 Å². The average molecular weight is 424 g/mol. The zero-order chi connectivity index (χ0) is 22.2. The number of hydrogen-bond acceptors (Lipinski definition) is 4. The molecule has 0 aliphatic carbocycles. The van der Waals surface area contributed by atoms with E-state index in [1.54, 1.807) is 10.9 Å². The Kier molecular flexibility index (Phi) is 5.88. The standard InChI is InChI=1S/C24H33N5O2/c1-17(2)10-25-22(30)21-13-28(11-19-8-6-5-7-9-19)14-24(21)15-29(16-24)23(31)20-12-27(4)26-18(20)3/h5-9,12,17,21H,10-11,13-16H2,1-4H3,(H,25,30). The zero-order valence-electron chi connectivity index (χ0n) is 19.0. The second kappa shape index (κ2) is 8.46. The van der Waals surface area contributed by atoms with E-state index in [-0.39, 0.29) is 23.1 Å². The van der Waals surface area contributed by atoms with Gasteiger partial charge in [0, 0.05) is 57.9 Å². The fourth-order valence-corrected chi connectivity index (χ4v) is 4.98. The quantitative estimate of drug-likeness (QED) is 0.772. The van der Waals surface area contributed by atoms with Crippen LogP contribution in [0.4, 0.5) is 0 Å². The molecule has 2 fully saturated rings. The summed E-state index contributed by atoms with van der Waals surface area (Å²) in [6.45, 7) is 10.4. The van der Waals surface area contributed by atoms with Gasteiger partial charge in [0.2, 0.25) is 5.91 Å². The van der Waals surface area contributed by atoms with E-state index in [0.717, 1.165) is 25.3 Å². The molecule has 1 atom stereocenters. The summed E-state index contributed by atoms with van der Waals surface area (Å²) in [7, 11) is 1.83. The maximum atomic E-state index is 13.1. The van der Waals surface area contributed by atoms with E-state index in [2.05, 4.69) is 41.3 Å². The Bertz CT molecular complexity index is 946. The molecular weight excluding hydrogens is 390 g/mol. The maximum Gasteiger partial charge on any atom is 0.257 e. The highest BCUT2D eigenvalue weighted by molar-refractivity contribution is 5.96. The molecule has 1 unspecified atom stereocenters. The summed E-state index contributed by atoms with van der Waals surface area (Å²) in [5.41, 5.74) is 2.47. The molecule has 7 heteroatoms. The Hall–Kier alpha value is -2.67. The van der Waals surface area contributed by atoms with Crippen LogP contribution in [0.15, 0.2) is 36.5 Å². The third-order valence-electron chi connectivity index (χ3n) is 6.51. The van der Waals surface area contributed by atoms with Gasteiger partial charge in [-0.2, -0.15) is 5.10 Å². The molecule has 2 aromatic rings. The van der Waals surface area contributed by atoms with Gasteiger partial charge in [-0.05, 0) is 18.4 Å². The summed E-state index contributed by atoms with van der Waals surface area (Å²) in [6.07, 6.45) is 1.78. The second-order valence-corrected chi connectivity index (χ2v) is 9.67. The van der Waals surface area contributed by atoms with Crippen molar-refractivity contribution in [3.05, 3.63) is 53.3 Å². The summed E-state index contributed by atoms with van der Waals surface area (Å²) in [6, 6.07) is 10.4. The SMILES string of the molecule is Cc1nn(C)cc1C(=O)N1CC2(CN(Cc3ccccc3)CC2C(=O)NCC(C)C)C1. The number of likely N-dealkylation sites (tertiary alicyclic amines) is 2. The van der Waals surface area contributed by atoms with E-state index >= 15 is 0 Å². The number of carbonyl (C=O) groups is 2. The smallest absolute Gasteiger partial charge is 0.257 e. The van der Waals surface area contributed by atoms with Crippen molar-refractivity contribution in [1.82, 2.24) is 24.9 Å². The Labute approximate surface area is 184 Å². The van der Waals surface area contributed by atoms with E-state index in [4.69, 9.17) is 0 Å². The first-order valence-electron chi connectivity index (χ1n) is 11.1. The van der Waals surface area contributed by atoms with Gasteiger partial charge in [0.1, 0.15) is 0 Å². The van der Waals surface area contributed by atoms with Crippen LogP contribution in [-0.4, -0.2) is 64.1 Å². The predicted octanol–water partition coefficient (Wildman–Crippen LogP) is 2.07. The van der Waals surface area contributed by atoms with E-state index < -0.39 is 0 Å². The summed E-state index contributed by atoms with van der Waals surface area (Å²) < 4.78 is 1.68. The highest BCUT2D eigenvalue weighted by Gasteiger charge is 2.57. The first kappa shape index (κ1) is 21.6. The van der Waals surface area contributed by atoms with Crippen LogP contribution in [0.5, 0.6) is 0 Å². The van der Waals surface area contributed by atoms with E-state index in [0.29, 0.717) is 31.1 Å². The van der Waals surface area contributed by atoms with Gasteiger partial charge in [0.05, 0.1) is 17.2 Å². The summed E-state index contributed by atoms with van der Waals surface area (Å²) >= 11 is 0. The Morgan fingerprint density at radius 1 is 1.19 bits per heavy atom. The van der Waals surface area contributed by atoms with E-state index in [1.807, 2.05) is 37.1 Å². The molecule has 7 nitrogen and oxygen atoms in total. The molecular formula is C24H33N5O2. The Balaban J connectivity index is 1.48. The normalized spacial score (nSPS) is 20.3. The van der Waals surface area contributed by atoms with Crippen molar-refractivity contribution in [2.75, 3.05) is 32.7 Å². The molecule has 1 aromatic heterocycles. The van der Waals surface area contributed by atoms with Gasteiger partial charge in [-0.15, -0.1) is 0 Å². The van der Waals surface area contributed by atoms with Crippen LogP contribution in [0.2, 0.25) is 0 Å². The van der Waals surface area contributed by atoms with Crippen LogP contribution in [0, 0.1) is 24.2 Å². The molecule has 4 rings (SSSR count). The van der Waals surface area contributed by atoms with Crippen LogP contribution >= 0.6 is 0 Å². The number of rotatable bonds is 6. The molecule has 0 saturated carbocycles. The molecule has 2 amide bonds. The number of nitrogens with one attached hydrogen (secondary N) is 1. The molecule has 0 bridgehead atoms. The molecule has 1 spiro atoms. The Morgan fingerprint density at radius 3 is 2.52 bits per heavy atom. The number of carbonyl (C=O) groups excluding carboxylic acids is 2. The fourth-order valence-electron chi connectivity index (χ4n) is 4.98. The second-order valence-electron chi connectivity index (χ2n) is 9.67. The number of aryl methyl sites for hydroxylation is 2. The van der Waals surface area contributed by atoms with Crippen LogP contribution in [0.3, 0.4) is 0 Å². The molecule has 1 N–H and O–H groups in total. The van der Waals surface area contributed by atoms with Gasteiger partial charge in [-0.3, -0.25) is 19.2 Å². The van der Waals surface area contributed by atoms with Crippen molar-refractivity contribution >= 4 is 11.8 Å². The number of nitrogens with zero attached hydrogens (tertiary/aromatic N) is 4. The first-order chi connectivity index (χ1) is 14.8. The van der Waals surface area contributed by atoms with Crippen LogP contribution in [-0.2, 0) is 18.4 Å². The zero-order valence-corrected chi connectivity index (χ0v) is 19.0.